The van der Waals surface area contributed by atoms with Gasteiger partial charge in [0.1, 0.15) is 0 Å². The molecule has 0 fully saturated rings. The van der Waals surface area contributed by atoms with Crippen molar-refractivity contribution in [2.45, 2.75) is 32.1 Å². The van der Waals surface area contributed by atoms with Crippen LogP contribution in [-0.4, -0.2) is 28.4 Å². The average molecular weight is 344 g/mol. The highest BCUT2D eigenvalue weighted by molar-refractivity contribution is 5.52. The Morgan fingerprint density at radius 1 is 0.680 bits per heavy atom. The highest BCUT2D eigenvalue weighted by Crippen LogP contribution is 2.42. The lowest BCUT2D eigenvalue weighted by atomic mass is 9.73. The molecule has 0 radical (unpaired) electrons. The molecule has 4 nitrogen and oxygen atoms in total. The third-order valence-corrected chi connectivity index (χ3v) is 4.79. The average Bonchev–Trinajstić information content (AvgIpc) is 2.66. The number of ether oxygens (including phenoxy) is 4. The van der Waals surface area contributed by atoms with E-state index in [2.05, 4.69) is 38.1 Å². The highest BCUT2D eigenvalue weighted by atomic mass is 16.5. The molecule has 2 aromatic rings. The smallest absolute Gasteiger partial charge is 0.161 e. The predicted molar refractivity (Wildman–Crippen MR) is 100 cm³/mol. The third kappa shape index (κ3) is 3.68. The van der Waals surface area contributed by atoms with Crippen LogP contribution in [0.15, 0.2) is 36.4 Å². The Morgan fingerprint density at radius 3 is 1.40 bits per heavy atom. The van der Waals surface area contributed by atoms with E-state index in [1.54, 1.807) is 28.4 Å². The van der Waals surface area contributed by atoms with Crippen LogP contribution in [0.25, 0.3) is 0 Å². The monoisotopic (exact) mass is 344 g/mol. The van der Waals surface area contributed by atoms with Crippen LogP contribution in [0.4, 0.5) is 0 Å². The van der Waals surface area contributed by atoms with Gasteiger partial charge in [-0.15, -0.1) is 0 Å². The normalized spacial score (nSPS) is 11.1. The lowest BCUT2D eigenvalue weighted by molar-refractivity contribution is 0.351. The van der Waals surface area contributed by atoms with Gasteiger partial charge >= 0.3 is 0 Å². The second-order valence-corrected chi connectivity index (χ2v) is 6.22. The molecule has 0 spiro atoms. The predicted octanol–water partition coefficient (Wildman–Crippen LogP) is 4.83. The number of hydrogen-bond acceptors (Lipinski definition) is 4. The van der Waals surface area contributed by atoms with E-state index in [0.717, 1.165) is 35.8 Å². The molecule has 0 aliphatic rings. The molecule has 0 aliphatic carbocycles. The Labute approximate surface area is 150 Å². The first-order chi connectivity index (χ1) is 12.0. The van der Waals surface area contributed by atoms with Gasteiger partial charge in [0.25, 0.3) is 0 Å². The van der Waals surface area contributed by atoms with Crippen molar-refractivity contribution in [3.05, 3.63) is 47.5 Å². The van der Waals surface area contributed by atoms with Crippen LogP contribution in [0.5, 0.6) is 23.0 Å². The van der Waals surface area contributed by atoms with Gasteiger partial charge < -0.3 is 18.9 Å². The quantitative estimate of drug-likeness (QED) is 0.687. The molecule has 25 heavy (non-hydrogen) atoms. The fourth-order valence-corrected chi connectivity index (χ4v) is 3.31. The summed E-state index contributed by atoms with van der Waals surface area (Å²) in [6, 6.07) is 12.3. The standard InChI is InChI=1S/C21H28O4/c1-7-12-21(2,15-8-10-17(22-3)19(13-15)24-5)16-9-11-18(23-4)20(14-16)25-6/h8-11,13-14H,7,12H2,1-6H3. The molecule has 0 amide bonds. The van der Waals surface area contributed by atoms with Crippen LogP contribution in [0.1, 0.15) is 37.8 Å². The second kappa shape index (κ2) is 8.15. The molecule has 2 rings (SSSR count). The summed E-state index contributed by atoms with van der Waals surface area (Å²) >= 11 is 0. The minimum atomic E-state index is -0.173. The minimum absolute atomic E-state index is 0.173. The Kier molecular flexibility index (Phi) is 6.18. The fraction of sp³-hybridized carbons (Fsp3) is 0.429. The van der Waals surface area contributed by atoms with E-state index in [9.17, 15) is 0 Å². The fourth-order valence-electron chi connectivity index (χ4n) is 3.31. The van der Waals surface area contributed by atoms with Gasteiger partial charge in [0, 0.05) is 5.41 Å². The van der Waals surface area contributed by atoms with Crippen molar-refractivity contribution in [1.29, 1.82) is 0 Å². The summed E-state index contributed by atoms with van der Waals surface area (Å²) in [4.78, 5) is 0. The summed E-state index contributed by atoms with van der Waals surface area (Å²) in [6.45, 7) is 4.44. The van der Waals surface area contributed by atoms with Gasteiger partial charge in [-0.1, -0.05) is 32.4 Å². The van der Waals surface area contributed by atoms with E-state index in [4.69, 9.17) is 18.9 Å². The summed E-state index contributed by atoms with van der Waals surface area (Å²) in [5, 5.41) is 0. The van der Waals surface area contributed by atoms with Crippen molar-refractivity contribution in [3.8, 4) is 23.0 Å². The molecule has 0 saturated heterocycles. The van der Waals surface area contributed by atoms with Crippen molar-refractivity contribution < 1.29 is 18.9 Å². The summed E-state index contributed by atoms with van der Waals surface area (Å²) in [5.74, 6) is 2.94. The first-order valence-electron chi connectivity index (χ1n) is 8.49. The number of benzene rings is 2. The Bertz CT molecular complexity index is 654. The van der Waals surface area contributed by atoms with Crippen molar-refractivity contribution in [3.63, 3.8) is 0 Å². The number of rotatable bonds is 8. The molecular weight excluding hydrogens is 316 g/mol. The van der Waals surface area contributed by atoms with Gasteiger partial charge in [-0.25, -0.2) is 0 Å². The van der Waals surface area contributed by atoms with E-state index < -0.39 is 0 Å². The minimum Gasteiger partial charge on any atom is -0.493 e. The van der Waals surface area contributed by atoms with Gasteiger partial charge in [-0.3, -0.25) is 0 Å². The van der Waals surface area contributed by atoms with Crippen LogP contribution >= 0.6 is 0 Å². The second-order valence-electron chi connectivity index (χ2n) is 6.22. The Morgan fingerprint density at radius 2 is 1.08 bits per heavy atom. The lowest BCUT2D eigenvalue weighted by Crippen LogP contribution is -2.23. The Balaban J connectivity index is 2.58. The van der Waals surface area contributed by atoms with Crippen LogP contribution in [0.2, 0.25) is 0 Å². The van der Waals surface area contributed by atoms with Crippen LogP contribution in [0.3, 0.4) is 0 Å². The maximum atomic E-state index is 5.50. The van der Waals surface area contributed by atoms with E-state index in [1.807, 2.05) is 12.1 Å². The number of methoxy groups -OCH3 is 4. The summed E-state index contributed by atoms with van der Waals surface area (Å²) in [5.41, 5.74) is 2.19. The SMILES string of the molecule is CCCC(C)(c1ccc(OC)c(OC)c1)c1ccc(OC)c(OC)c1. The van der Waals surface area contributed by atoms with Gasteiger partial charge in [0.05, 0.1) is 28.4 Å². The summed E-state index contributed by atoms with van der Waals surface area (Å²) < 4.78 is 21.7. The summed E-state index contributed by atoms with van der Waals surface area (Å²) in [7, 11) is 6.62. The molecule has 0 atom stereocenters. The van der Waals surface area contributed by atoms with Gasteiger partial charge in [0.15, 0.2) is 23.0 Å². The van der Waals surface area contributed by atoms with E-state index >= 15 is 0 Å². The third-order valence-electron chi connectivity index (χ3n) is 4.79. The number of hydrogen-bond donors (Lipinski definition) is 0. The topological polar surface area (TPSA) is 36.9 Å². The molecule has 0 bridgehead atoms. The zero-order valence-electron chi connectivity index (χ0n) is 16.0. The van der Waals surface area contributed by atoms with Crippen molar-refractivity contribution in [1.82, 2.24) is 0 Å². The van der Waals surface area contributed by atoms with Crippen molar-refractivity contribution in [2.24, 2.45) is 0 Å². The van der Waals surface area contributed by atoms with Crippen molar-refractivity contribution in [2.75, 3.05) is 28.4 Å². The van der Waals surface area contributed by atoms with Crippen LogP contribution in [0, 0.1) is 0 Å². The molecule has 4 heteroatoms. The lowest BCUT2D eigenvalue weighted by Gasteiger charge is -2.32. The van der Waals surface area contributed by atoms with Gasteiger partial charge in [-0.2, -0.15) is 0 Å². The zero-order chi connectivity index (χ0) is 18.4. The first-order valence-corrected chi connectivity index (χ1v) is 8.49. The molecule has 2 aromatic carbocycles. The maximum absolute atomic E-state index is 5.50. The highest BCUT2D eigenvalue weighted by Gasteiger charge is 2.30. The molecule has 0 saturated carbocycles. The molecule has 0 heterocycles. The largest absolute Gasteiger partial charge is 0.493 e. The molecule has 0 unspecified atom stereocenters. The molecule has 136 valence electrons. The van der Waals surface area contributed by atoms with Gasteiger partial charge in [0.2, 0.25) is 0 Å². The van der Waals surface area contributed by atoms with Crippen LogP contribution in [-0.2, 0) is 5.41 Å². The zero-order valence-corrected chi connectivity index (χ0v) is 16.0. The van der Waals surface area contributed by atoms with Crippen LogP contribution < -0.4 is 18.9 Å². The Hall–Kier alpha value is -2.36. The maximum Gasteiger partial charge on any atom is 0.161 e. The van der Waals surface area contributed by atoms with E-state index in [0.29, 0.717) is 0 Å². The van der Waals surface area contributed by atoms with Gasteiger partial charge in [-0.05, 0) is 41.8 Å². The molecule has 0 N–H and O–H groups in total. The summed E-state index contributed by atoms with van der Waals surface area (Å²) in [6.07, 6.45) is 2.05. The molecular formula is C21H28O4. The first kappa shape index (κ1) is 19.0. The van der Waals surface area contributed by atoms with E-state index in [1.165, 1.54) is 11.1 Å². The van der Waals surface area contributed by atoms with Crippen molar-refractivity contribution >= 4 is 0 Å². The van der Waals surface area contributed by atoms with E-state index in [-0.39, 0.29) is 5.41 Å². The molecule has 0 aromatic heterocycles. The molecule has 0 aliphatic heterocycles.